The molecule has 0 saturated carbocycles. The summed E-state index contributed by atoms with van der Waals surface area (Å²) in [7, 11) is 0. The zero-order chi connectivity index (χ0) is 13.1. The third-order valence-electron chi connectivity index (χ3n) is 3.03. The van der Waals surface area contributed by atoms with E-state index in [-0.39, 0.29) is 6.04 Å². The molecule has 2 N–H and O–H groups in total. The Morgan fingerprint density at radius 2 is 2.00 bits per heavy atom. The van der Waals surface area contributed by atoms with Gasteiger partial charge in [0.15, 0.2) is 0 Å². The molecule has 100 valence electrons. The second-order valence-corrected chi connectivity index (χ2v) is 5.07. The average molecular weight is 316 g/mol. The van der Waals surface area contributed by atoms with Crippen molar-refractivity contribution in [3.63, 3.8) is 0 Å². The number of aliphatic hydroxyl groups excluding tert-OH is 1. The molecule has 5 nitrogen and oxygen atoms in total. The molecular formula is C12H18BrN3O2. The van der Waals surface area contributed by atoms with Crippen LogP contribution in [0.4, 0.5) is 5.82 Å². The molecule has 1 aliphatic heterocycles. The first-order valence-corrected chi connectivity index (χ1v) is 7.02. The van der Waals surface area contributed by atoms with Gasteiger partial charge in [0.2, 0.25) is 0 Å². The van der Waals surface area contributed by atoms with E-state index in [4.69, 9.17) is 4.74 Å². The van der Waals surface area contributed by atoms with Crippen LogP contribution >= 0.6 is 15.9 Å². The first-order valence-electron chi connectivity index (χ1n) is 6.23. The molecule has 1 fully saturated rings. The summed E-state index contributed by atoms with van der Waals surface area (Å²) in [5.74, 6) is 0.757. The molecule has 0 bridgehead atoms. The van der Waals surface area contributed by atoms with E-state index in [0.717, 1.165) is 34.7 Å². The maximum atomic E-state index is 9.75. The van der Waals surface area contributed by atoms with Gasteiger partial charge < -0.3 is 15.2 Å². The smallest absolute Gasteiger partial charge is 0.148 e. The number of rotatable bonds is 4. The largest absolute Gasteiger partial charge is 0.388 e. The molecule has 2 atom stereocenters. The standard InChI is InChI=1S/C12H18BrN3O2/c1-3-7-11(13)14-8(4-2)12(15-7)16-9-5-18-6-10(9)17/h9-10,17H,3-6H2,1-2H3,(H,15,16)/t9?,10-/m0/s1. The van der Waals surface area contributed by atoms with Crippen LogP contribution in [-0.4, -0.2) is 40.4 Å². The Bertz CT molecular complexity index is 428. The lowest BCUT2D eigenvalue weighted by molar-refractivity contribution is 0.125. The monoisotopic (exact) mass is 315 g/mol. The van der Waals surface area contributed by atoms with Crippen LogP contribution < -0.4 is 5.32 Å². The fourth-order valence-electron chi connectivity index (χ4n) is 1.93. The number of halogens is 1. The highest BCUT2D eigenvalue weighted by atomic mass is 79.9. The van der Waals surface area contributed by atoms with Gasteiger partial charge in [0.1, 0.15) is 10.4 Å². The van der Waals surface area contributed by atoms with Gasteiger partial charge in [-0.15, -0.1) is 0 Å². The first kappa shape index (κ1) is 13.7. The maximum Gasteiger partial charge on any atom is 0.148 e. The normalized spacial score (nSPS) is 23.3. The van der Waals surface area contributed by atoms with Crippen molar-refractivity contribution in [3.8, 4) is 0 Å². The molecule has 0 aromatic carbocycles. The summed E-state index contributed by atoms with van der Waals surface area (Å²) >= 11 is 3.43. The minimum Gasteiger partial charge on any atom is -0.388 e. The van der Waals surface area contributed by atoms with Gasteiger partial charge in [0.25, 0.3) is 0 Å². The highest BCUT2D eigenvalue weighted by Gasteiger charge is 2.27. The van der Waals surface area contributed by atoms with Gasteiger partial charge >= 0.3 is 0 Å². The van der Waals surface area contributed by atoms with Crippen LogP contribution in [0.3, 0.4) is 0 Å². The lowest BCUT2D eigenvalue weighted by Gasteiger charge is -2.18. The van der Waals surface area contributed by atoms with Crippen LogP contribution in [0.25, 0.3) is 0 Å². The van der Waals surface area contributed by atoms with Crippen molar-refractivity contribution in [2.75, 3.05) is 18.5 Å². The number of nitrogens with one attached hydrogen (secondary N) is 1. The molecule has 6 heteroatoms. The Hall–Kier alpha value is -0.720. The van der Waals surface area contributed by atoms with Crippen LogP contribution in [0.5, 0.6) is 0 Å². The summed E-state index contributed by atoms with van der Waals surface area (Å²) in [6.07, 6.45) is 1.13. The quantitative estimate of drug-likeness (QED) is 0.882. The van der Waals surface area contributed by atoms with Crippen molar-refractivity contribution in [2.45, 2.75) is 38.8 Å². The van der Waals surface area contributed by atoms with Crippen molar-refractivity contribution in [1.82, 2.24) is 9.97 Å². The Kier molecular flexibility index (Phi) is 4.53. The predicted octanol–water partition coefficient (Wildman–Crippen LogP) is 1.54. The van der Waals surface area contributed by atoms with E-state index in [0.29, 0.717) is 13.2 Å². The molecule has 0 radical (unpaired) electrons. The van der Waals surface area contributed by atoms with Crippen molar-refractivity contribution >= 4 is 21.7 Å². The second kappa shape index (κ2) is 5.95. The summed E-state index contributed by atoms with van der Waals surface area (Å²) in [5, 5.41) is 13.0. The topological polar surface area (TPSA) is 67.3 Å². The van der Waals surface area contributed by atoms with Crippen molar-refractivity contribution < 1.29 is 9.84 Å². The van der Waals surface area contributed by atoms with E-state index < -0.39 is 6.10 Å². The van der Waals surface area contributed by atoms with Gasteiger partial charge in [-0.05, 0) is 28.8 Å². The number of aromatic nitrogens is 2. The molecule has 1 aliphatic rings. The molecule has 1 aromatic rings. The first-order chi connectivity index (χ1) is 8.65. The molecule has 0 amide bonds. The van der Waals surface area contributed by atoms with Crippen LogP contribution in [0.15, 0.2) is 4.60 Å². The molecule has 0 spiro atoms. The Labute approximate surface area is 115 Å². The fraction of sp³-hybridized carbons (Fsp3) is 0.667. The SMILES string of the molecule is CCc1nc(NC2COC[C@@H]2O)c(CC)nc1Br. The number of anilines is 1. The molecule has 1 aromatic heterocycles. The van der Waals surface area contributed by atoms with Crippen LogP contribution in [0, 0.1) is 0 Å². The molecular weight excluding hydrogens is 298 g/mol. The van der Waals surface area contributed by atoms with E-state index in [2.05, 4.69) is 31.2 Å². The van der Waals surface area contributed by atoms with Gasteiger partial charge in [0.05, 0.1) is 36.7 Å². The number of ether oxygens (including phenoxy) is 1. The van der Waals surface area contributed by atoms with Crippen molar-refractivity contribution in [1.29, 1.82) is 0 Å². The van der Waals surface area contributed by atoms with Gasteiger partial charge in [0, 0.05) is 0 Å². The van der Waals surface area contributed by atoms with E-state index >= 15 is 0 Å². The Balaban J connectivity index is 2.24. The third-order valence-corrected chi connectivity index (χ3v) is 3.67. The van der Waals surface area contributed by atoms with Gasteiger partial charge in [-0.25, -0.2) is 9.97 Å². The molecule has 1 saturated heterocycles. The van der Waals surface area contributed by atoms with Crippen molar-refractivity contribution in [2.24, 2.45) is 0 Å². The zero-order valence-corrected chi connectivity index (χ0v) is 12.2. The zero-order valence-electron chi connectivity index (χ0n) is 10.6. The minimum atomic E-state index is -0.481. The summed E-state index contributed by atoms with van der Waals surface area (Å²) in [6.45, 7) is 4.96. The molecule has 0 aliphatic carbocycles. The van der Waals surface area contributed by atoms with E-state index in [1.54, 1.807) is 0 Å². The summed E-state index contributed by atoms with van der Waals surface area (Å²) in [4.78, 5) is 9.07. The second-order valence-electron chi connectivity index (χ2n) is 4.32. The van der Waals surface area contributed by atoms with E-state index in [1.165, 1.54) is 0 Å². The lowest BCUT2D eigenvalue weighted by atomic mass is 10.2. The predicted molar refractivity (Wildman–Crippen MR) is 72.7 cm³/mol. The van der Waals surface area contributed by atoms with Crippen LogP contribution in [0.2, 0.25) is 0 Å². The lowest BCUT2D eigenvalue weighted by Crippen LogP contribution is -2.33. The average Bonchev–Trinajstić information content (AvgIpc) is 2.76. The number of aliphatic hydroxyl groups is 1. The van der Waals surface area contributed by atoms with Gasteiger partial charge in [-0.2, -0.15) is 0 Å². The number of aryl methyl sites for hydroxylation is 2. The highest BCUT2D eigenvalue weighted by molar-refractivity contribution is 9.10. The summed E-state index contributed by atoms with van der Waals surface area (Å²) in [6, 6.07) is -0.101. The summed E-state index contributed by atoms with van der Waals surface area (Å²) < 4.78 is 6.03. The maximum absolute atomic E-state index is 9.75. The van der Waals surface area contributed by atoms with E-state index in [1.807, 2.05) is 13.8 Å². The fourth-order valence-corrected chi connectivity index (χ4v) is 2.51. The molecule has 2 heterocycles. The Morgan fingerprint density at radius 1 is 1.28 bits per heavy atom. The number of nitrogens with zero attached hydrogens (tertiary/aromatic N) is 2. The van der Waals surface area contributed by atoms with Crippen molar-refractivity contribution in [3.05, 3.63) is 16.0 Å². The number of hydrogen-bond acceptors (Lipinski definition) is 5. The highest BCUT2D eigenvalue weighted by Crippen LogP contribution is 2.21. The molecule has 1 unspecified atom stereocenters. The summed E-state index contributed by atoms with van der Waals surface area (Å²) in [5.41, 5.74) is 1.82. The Morgan fingerprint density at radius 3 is 2.56 bits per heavy atom. The van der Waals surface area contributed by atoms with Gasteiger partial charge in [-0.3, -0.25) is 0 Å². The van der Waals surface area contributed by atoms with E-state index in [9.17, 15) is 5.11 Å². The molecule has 18 heavy (non-hydrogen) atoms. The van der Waals surface area contributed by atoms with Crippen LogP contribution in [0.1, 0.15) is 25.2 Å². The number of hydrogen-bond donors (Lipinski definition) is 2. The van der Waals surface area contributed by atoms with Crippen LogP contribution in [-0.2, 0) is 17.6 Å². The molecule has 2 rings (SSSR count). The van der Waals surface area contributed by atoms with Gasteiger partial charge in [-0.1, -0.05) is 13.8 Å². The third kappa shape index (κ3) is 2.81. The minimum absolute atomic E-state index is 0.101.